The summed E-state index contributed by atoms with van der Waals surface area (Å²) in [5, 5.41) is 0.807. The average molecular weight is 225 g/mol. The molecular weight excluding hydrogens is 208 g/mol. The molecule has 1 aliphatic heterocycles. The van der Waals surface area contributed by atoms with Crippen molar-refractivity contribution in [2.75, 3.05) is 13.6 Å². The van der Waals surface area contributed by atoms with Gasteiger partial charge in [0.1, 0.15) is 0 Å². The second-order valence-electron chi connectivity index (χ2n) is 4.33. The Kier molecular flexibility index (Phi) is 3.29. The van der Waals surface area contributed by atoms with Gasteiger partial charge in [0.05, 0.1) is 0 Å². The molecule has 15 heavy (non-hydrogen) atoms. The molecule has 1 fully saturated rings. The smallest absolute Gasteiger partial charge is 0.0408 e. The highest BCUT2D eigenvalue weighted by Crippen LogP contribution is 2.20. The van der Waals surface area contributed by atoms with Crippen LogP contribution >= 0.6 is 11.6 Å². The fraction of sp³-hybridized carbons (Fsp3) is 0.500. The van der Waals surface area contributed by atoms with Gasteiger partial charge in [-0.1, -0.05) is 23.7 Å². The summed E-state index contributed by atoms with van der Waals surface area (Å²) in [5.41, 5.74) is 7.36. The number of rotatable bonds is 2. The molecule has 2 N–H and O–H groups in total. The number of nitrogens with two attached hydrogens (primary N) is 1. The first kappa shape index (κ1) is 10.9. The summed E-state index contributed by atoms with van der Waals surface area (Å²) in [6.45, 7) is 1.10. The van der Waals surface area contributed by atoms with E-state index in [0.29, 0.717) is 12.1 Å². The van der Waals surface area contributed by atoms with Gasteiger partial charge in [-0.05, 0) is 44.1 Å². The van der Waals surface area contributed by atoms with Crippen molar-refractivity contribution < 1.29 is 0 Å². The molecule has 2 unspecified atom stereocenters. The third-order valence-electron chi connectivity index (χ3n) is 3.21. The molecule has 0 bridgehead atoms. The van der Waals surface area contributed by atoms with Crippen LogP contribution in [-0.4, -0.2) is 30.6 Å². The molecule has 0 amide bonds. The maximum Gasteiger partial charge on any atom is 0.0408 e. The molecule has 2 nitrogen and oxygen atoms in total. The summed E-state index contributed by atoms with van der Waals surface area (Å²) in [6, 6.07) is 8.81. The van der Waals surface area contributed by atoms with Crippen LogP contribution in [0.4, 0.5) is 0 Å². The van der Waals surface area contributed by atoms with Crippen molar-refractivity contribution in [3.05, 3.63) is 34.9 Å². The summed E-state index contributed by atoms with van der Waals surface area (Å²) in [5.74, 6) is 0. The largest absolute Gasteiger partial charge is 0.326 e. The van der Waals surface area contributed by atoms with Gasteiger partial charge in [-0.3, -0.25) is 0 Å². The van der Waals surface area contributed by atoms with Crippen LogP contribution < -0.4 is 5.73 Å². The Balaban J connectivity index is 2.08. The zero-order valence-corrected chi connectivity index (χ0v) is 9.74. The SMILES string of the molecule is CN1CCC(N)C1Cc1cccc(Cl)c1. The Morgan fingerprint density at radius 3 is 2.93 bits per heavy atom. The molecule has 2 rings (SSSR count). The lowest BCUT2D eigenvalue weighted by molar-refractivity contribution is 0.296. The van der Waals surface area contributed by atoms with Crippen LogP contribution in [0.5, 0.6) is 0 Å². The number of likely N-dealkylation sites (tertiary alicyclic amines) is 1. The molecule has 1 aromatic rings. The van der Waals surface area contributed by atoms with E-state index in [2.05, 4.69) is 18.0 Å². The minimum atomic E-state index is 0.300. The van der Waals surface area contributed by atoms with Gasteiger partial charge in [-0.25, -0.2) is 0 Å². The predicted molar refractivity (Wildman–Crippen MR) is 64.2 cm³/mol. The first-order valence-corrected chi connectivity index (χ1v) is 5.75. The van der Waals surface area contributed by atoms with E-state index in [9.17, 15) is 0 Å². The third-order valence-corrected chi connectivity index (χ3v) is 3.44. The zero-order valence-electron chi connectivity index (χ0n) is 8.99. The van der Waals surface area contributed by atoms with E-state index in [0.717, 1.165) is 24.4 Å². The van der Waals surface area contributed by atoms with Gasteiger partial charge < -0.3 is 10.6 Å². The standard InChI is InChI=1S/C12H17ClN2/c1-15-6-5-11(14)12(15)8-9-3-2-4-10(13)7-9/h2-4,7,11-12H,5-6,8,14H2,1H3. The monoisotopic (exact) mass is 224 g/mol. The van der Waals surface area contributed by atoms with E-state index in [-0.39, 0.29) is 0 Å². The molecule has 0 radical (unpaired) electrons. The minimum Gasteiger partial charge on any atom is -0.326 e. The number of benzene rings is 1. The molecule has 0 saturated carbocycles. The Morgan fingerprint density at radius 2 is 2.33 bits per heavy atom. The lowest BCUT2D eigenvalue weighted by Crippen LogP contribution is -2.39. The maximum atomic E-state index is 6.08. The zero-order chi connectivity index (χ0) is 10.8. The van der Waals surface area contributed by atoms with Crippen molar-refractivity contribution in [3.63, 3.8) is 0 Å². The molecule has 3 heteroatoms. The van der Waals surface area contributed by atoms with Gasteiger partial charge in [-0.2, -0.15) is 0 Å². The van der Waals surface area contributed by atoms with Crippen molar-refractivity contribution in [2.45, 2.75) is 24.9 Å². The normalized spacial score (nSPS) is 27.1. The molecule has 82 valence electrons. The molecule has 0 aromatic heterocycles. The number of hydrogen-bond acceptors (Lipinski definition) is 2. The molecule has 1 heterocycles. The lowest BCUT2D eigenvalue weighted by Gasteiger charge is -2.22. The van der Waals surface area contributed by atoms with E-state index in [4.69, 9.17) is 17.3 Å². The van der Waals surface area contributed by atoms with Gasteiger partial charge >= 0.3 is 0 Å². The maximum absolute atomic E-state index is 6.08. The first-order chi connectivity index (χ1) is 7.16. The van der Waals surface area contributed by atoms with Gasteiger partial charge in [0.2, 0.25) is 0 Å². The van der Waals surface area contributed by atoms with Gasteiger partial charge in [0.25, 0.3) is 0 Å². The number of halogens is 1. The van der Waals surface area contributed by atoms with Crippen LogP contribution in [0.3, 0.4) is 0 Å². The fourth-order valence-corrected chi connectivity index (χ4v) is 2.46. The Bertz CT molecular complexity index is 330. The average Bonchev–Trinajstić information content (AvgIpc) is 2.50. The van der Waals surface area contributed by atoms with E-state index < -0.39 is 0 Å². The van der Waals surface area contributed by atoms with Gasteiger partial charge in [-0.15, -0.1) is 0 Å². The van der Waals surface area contributed by atoms with E-state index in [1.165, 1.54) is 5.56 Å². The van der Waals surface area contributed by atoms with Crippen LogP contribution in [-0.2, 0) is 6.42 Å². The van der Waals surface area contributed by atoms with Crippen LogP contribution in [0.2, 0.25) is 5.02 Å². The molecule has 1 saturated heterocycles. The summed E-state index contributed by atoms with van der Waals surface area (Å²) in [4.78, 5) is 2.34. The molecule has 1 aromatic carbocycles. The van der Waals surface area contributed by atoms with Gasteiger partial charge in [0.15, 0.2) is 0 Å². The molecule has 0 aliphatic carbocycles. The predicted octanol–water partition coefficient (Wildman–Crippen LogP) is 1.91. The molecular formula is C12H17ClN2. The Labute approximate surface area is 96.0 Å². The van der Waals surface area contributed by atoms with E-state index in [1.54, 1.807) is 0 Å². The van der Waals surface area contributed by atoms with Crippen LogP contribution in [0.1, 0.15) is 12.0 Å². The van der Waals surface area contributed by atoms with Crippen LogP contribution in [0, 0.1) is 0 Å². The molecule has 0 spiro atoms. The van der Waals surface area contributed by atoms with Crippen molar-refractivity contribution in [3.8, 4) is 0 Å². The summed E-state index contributed by atoms with van der Waals surface area (Å²) >= 11 is 5.96. The Hall–Kier alpha value is -0.570. The molecule has 2 atom stereocenters. The van der Waals surface area contributed by atoms with E-state index in [1.807, 2.05) is 18.2 Å². The fourth-order valence-electron chi connectivity index (χ4n) is 2.25. The van der Waals surface area contributed by atoms with E-state index >= 15 is 0 Å². The highest BCUT2D eigenvalue weighted by molar-refractivity contribution is 6.30. The summed E-state index contributed by atoms with van der Waals surface area (Å²) in [7, 11) is 2.14. The van der Waals surface area contributed by atoms with Crippen molar-refractivity contribution in [2.24, 2.45) is 5.73 Å². The molecule has 1 aliphatic rings. The second-order valence-corrected chi connectivity index (χ2v) is 4.77. The quantitative estimate of drug-likeness (QED) is 0.832. The highest BCUT2D eigenvalue weighted by Gasteiger charge is 2.28. The van der Waals surface area contributed by atoms with Crippen LogP contribution in [0.25, 0.3) is 0 Å². The topological polar surface area (TPSA) is 29.3 Å². The number of likely N-dealkylation sites (N-methyl/N-ethyl adjacent to an activating group) is 1. The third kappa shape index (κ3) is 2.51. The van der Waals surface area contributed by atoms with Crippen molar-refractivity contribution in [1.29, 1.82) is 0 Å². The number of nitrogens with zero attached hydrogens (tertiary/aromatic N) is 1. The van der Waals surface area contributed by atoms with Gasteiger partial charge in [0, 0.05) is 17.1 Å². The van der Waals surface area contributed by atoms with Crippen molar-refractivity contribution in [1.82, 2.24) is 4.90 Å². The summed E-state index contributed by atoms with van der Waals surface area (Å²) < 4.78 is 0. The lowest BCUT2D eigenvalue weighted by atomic mass is 10.0. The minimum absolute atomic E-state index is 0.300. The number of hydrogen-bond donors (Lipinski definition) is 1. The highest BCUT2D eigenvalue weighted by atomic mass is 35.5. The van der Waals surface area contributed by atoms with Crippen LogP contribution in [0.15, 0.2) is 24.3 Å². The summed E-state index contributed by atoms with van der Waals surface area (Å²) in [6.07, 6.45) is 2.10. The van der Waals surface area contributed by atoms with Crippen molar-refractivity contribution >= 4 is 11.6 Å². The second kappa shape index (κ2) is 4.52. The first-order valence-electron chi connectivity index (χ1n) is 5.37. The Morgan fingerprint density at radius 1 is 1.53 bits per heavy atom.